The van der Waals surface area contributed by atoms with Crippen molar-refractivity contribution in [1.29, 1.82) is 0 Å². The number of para-hydroxylation sites is 1. The van der Waals surface area contributed by atoms with Crippen molar-refractivity contribution in [1.82, 2.24) is 20.3 Å². The molecular weight excluding hydrogens is 466 g/mol. The van der Waals surface area contributed by atoms with Gasteiger partial charge in [-0.15, -0.1) is 0 Å². The number of H-pyrrole nitrogens is 1. The van der Waals surface area contributed by atoms with Crippen LogP contribution in [0.5, 0.6) is 0 Å². The number of piperazine rings is 1. The van der Waals surface area contributed by atoms with E-state index in [0.29, 0.717) is 11.3 Å². The predicted molar refractivity (Wildman–Crippen MR) is 129 cm³/mol. The first-order valence-corrected chi connectivity index (χ1v) is 11.5. The number of non-ortho nitro benzene ring substituents is 1. The number of hydrogen-bond acceptors (Lipinski definition) is 6. The molecule has 0 radical (unpaired) electrons. The molecule has 1 fully saturated rings. The lowest BCUT2D eigenvalue weighted by atomic mass is 9.86. The van der Waals surface area contributed by atoms with Crippen molar-refractivity contribution < 1.29 is 24.0 Å². The van der Waals surface area contributed by atoms with E-state index in [4.69, 9.17) is 4.74 Å². The summed E-state index contributed by atoms with van der Waals surface area (Å²) in [5, 5.41) is 13.4. The number of carbonyl (C=O) groups is 3. The summed E-state index contributed by atoms with van der Waals surface area (Å²) in [6.07, 6.45) is -0.613. The van der Waals surface area contributed by atoms with Gasteiger partial charge in [0.1, 0.15) is 18.2 Å². The van der Waals surface area contributed by atoms with E-state index < -0.39 is 47.1 Å². The Balaban J connectivity index is 1.59. The van der Waals surface area contributed by atoms with Crippen LogP contribution in [0.25, 0.3) is 10.9 Å². The zero-order valence-corrected chi connectivity index (χ0v) is 20.0. The van der Waals surface area contributed by atoms with Gasteiger partial charge in [-0.2, -0.15) is 0 Å². The number of fused-ring (bicyclic) bond motifs is 4. The number of aromatic nitrogens is 1. The molecule has 36 heavy (non-hydrogen) atoms. The number of amides is 3. The third kappa shape index (κ3) is 4.02. The first-order valence-electron chi connectivity index (χ1n) is 11.5. The summed E-state index contributed by atoms with van der Waals surface area (Å²) in [5.74, 6) is -0.872. The van der Waals surface area contributed by atoms with Gasteiger partial charge >= 0.3 is 6.09 Å². The van der Waals surface area contributed by atoms with Crippen LogP contribution in [-0.2, 0) is 20.7 Å². The normalized spacial score (nSPS) is 19.6. The quantitative estimate of drug-likeness (QED) is 0.426. The van der Waals surface area contributed by atoms with E-state index in [-0.39, 0.29) is 12.1 Å². The van der Waals surface area contributed by atoms with Gasteiger partial charge in [-0.1, -0.05) is 30.3 Å². The fraction of sp³-hybridized carbons (Fsp3) is 0.320. The van der Waals surface area contributed by atoms with Crippen LogP contribution in [0, 0.1) is 10.1 Å². The summed E-state index contributed by atoms with van der Waals surface area (Å²) in [5.41, 5.74) is 4.41. The van der Waals surface area contributed by atoms with E-state index >= 15 is 0 Å². The number of hydrogen-bond donors (Lipinski definition) is 2. The number of nitro benzene ring substituents is 1. The maximum atomic E-state index is 13.6. The number of carbonyl (C=O) groups excluding carboxylic acids is 3. The summed E-state index contributed by atoms with van der Waals surface area (Å²) >= 11 is 0. The molecule has 186 valence electrons. The first kappa shape index (κ1) is 23.3. The highest BCUT2D eigenvalue weighted by molar-refractivity contribution is 5.98. The van der Waals surface area contributed by atoms with Crippen LogP contribution in [0.4, 0.5) is 10.5 Å². The number of ether oxygens (including phenoxy) is 1. The predicted octanol–water partition coefficient (Wildman–Crippen LogP) is 3.20. The average Bonchev–Trinajstić information content (AvgIpc) is 3.18. The van der Waals surface area contributed by atoms with Gasteiger partial charge in [-0.05, 0) is 38.0 Å². The summed E-state index contributed by atoms with van der Waals surface area (Å²) in [4.78, 5) is 55.2. The van der Waals surface area contributed by atoms with Gasteiger partial charge < -0.3 is 14.6 Å². The molecule has 2 aliphatic rings. The van der Waals surface area contributed by atoms with Gasteiger partial charge in [0.15, 0.2) is 0 Å². The van der Waals surface area contributed by atoms with E-state index in [1.165, 1.54) is 17.0 Å². The summed E-state index contributed by atoms with van der Waals surface area (Å²) in [7, 11) is 0. The van der Waals surface area contributed by atoms with Crippen LogP contribution >= 0.6 is 0 Å². The second-order valence-electron chi connectivity index (χ2n) is 9.88. The van der Waals surface area contributed by atoms with Crippen molar-refractivity contribution in [2.45, 2.75) is 44.9 Å². The molecule has 1 unspecified atom stereocenters. The van der Waals surface area contributed by atoms with Crippen LogP contribution in [0.1, 0.15) is 43.6 Å². The molecule has 0 aliphatic carbocycles. The molecule has 11 nitrogen and oxygen atoms in total. The van der Waals surface area contributed by atoms with Gasteiger partial charge in [0.2, 0.25) is 5.91 Å². The Kier molecular flexibility index (Phi) is 5.42. The smallest absolute Gasteiger partial charge is 0.426 e. The van der Waals surface area contributed by atoms with Crippen molar-refractivity contribution in [3.8, 4) is 0 Å². The van der Waals surface area contributed by atoms with Gasteiger partial charge in [0.25, 0.3) is 11.6 Å². The maximum Gasteiger partial charge on any atom is 0.426 e. The van der Waals surface area contributed by atoms with Gasteiger partial charge in [0, 0.05) is 35.2 Å². The van der Waals surface area contributed by atoms with Crippen molar-refractivity contribution >= 4 is 34.5 Å². The maximum absolute atomic E-state index is 13.6. The van der Waals surface area contributed by atoms with Crippen molar-refractivity contribution in [2.24, 2.45) is 0 Å². The highest BCUT2D eigenvalue weighted by atomic mass is 16.6. The summed E-state index contributed by atoms with van der Waals surface area (Å²) < 4.78 is 5.25. The van der Waals surface area contributed by atoms with Crippen molar-refractivity contribution in [3.05, 3.63) is 75.5 Å². The number of nitro groups is 1. The molecule has 0 spiro atoms. The molecular formula is C25H25N5O6. The molecule has 2 atom stereocenters. The molecule has 2 aliphatic heterocycles. The van der Waals surface area contributed by atoms with Crippen molar-refractivity contribution in [2.75, 3.05) is 6.54 Å². The molecule has 5 rings (SSSR count). The number of nitrogens with one attached hydrogen (secondary N) is 2. The minimum absolute atomic E-state index is 0.115. The van der Waals surface area contributed by atoms with Crippen LogP contribution in [-0.4, -0.2) is 55.9 Å². The fourth-order valence-electron chi connectivity index (χ4n) is 4.93. The van der Waals surface area contributed by atoms with E-state index in [2.05, 4.69) is 10.4 Å². The van der Waals surface area contributed by atoms with Crippen LogP contribution in [0.2, 0.25) is 0 Å². The molecule has 2 aromatic carbocycles. The number of hydrazine groups is 1. The van der Waals surface area contributed by atoms with Crippen molar-refractivity contribution in [3.63, 3.8) is 0 Å². The lowest BCUT2D eigenvalue weighted by Gasteiger charge is -2.46. The Morgan fingerprint density at radius 1 is 1.17 bits per heavy atom. The molecule has 3 heterocycles. The lowest BCUT2D eigenvalue weighted by molar-refractivity contribution is -0.384. The number of benzene rings is 2. The van der Waals surface area contributed by atoms with Gasteiger partial charge in [0.05, 0.1) is 11.0 Å². The lowest BCUT2D eigenvalue weighted by Crippen LogP contribution is -2.66. The first-order chi connectivity index (χ1) is 17.0. The van der Waals surface area contributed by atoms with E-state index in [9.17, 15) is 24.5 Å². The second kappa shape index (κ2) is 8.36. The van der Waals surface area contributed by atoms with Gasteiger partial charge in [-0.25, -0.2) is 15.2 Å². The summed E-state index contributed by atoms with van der Waals surface area (Å²) in [6, 6.07) is 12.0. The number of rotatable bonds is 3. The number of nitrogens with zero attached hydrogens (tertiary/aromatic N) is 3. The molecule has 1 aromatic heterocycles. The van der Waals surface area contributed by atoms with Crippen LogP contribution in [0.15, 0.2) is 48.5 Å². The topological polar surface area (TPSA) is 138 Å². The highest BCUT2D eigenvalue weighted by Gasteiger charge is 2.49. The average molecular weight is 492 g/mol. The summed E-state index contributed by atoms with van der Waals surface area (Å²) in [6.45, 7) is 4.69. The molecule has 3 aromatic rings. The Bertz CT molecular complexity index is 1410. The van der Waals surface area contributed by atoms with Gasteiger partial charge in [-0.3, -0.25) is 19.7 Å². The molecule has 0 bridgehead atoms. The highest BCUT2D eigenvalue weighted by Crippen LogP contribution is 2.42. The zero-order chi connectivity index (χ0) is 25.8. The second-order valence-corrected chi connectivity index (χ2v) is 9.88. The Morgan fingerprint density at radius 2 is 1.92 bits per heavy atom. The van der Waals surface area contributed by atoms with E-state index in [1.54, 1.807) is 32.9 Å². The van der Waals surface area contributed by atoms with Crippen LogP contribution < -0.4 is 5.43 Å². The standard InChI is InChI=1S/C25H25N5O6/c1-25(2,3)36-24(33)27-28-13-20(31)29-19(23(28)32)12-17-16-9-4-5-10-18(16)26-21(17)22(29)14-7-6-8-15(11-14)30(34)35/h4-11,19,22,26H,12-13H2,1-3H3,(H,27,33)/t19-,22?/m1/s1. The minimum Gasteiger partial charge on any atom is -0.443 e. The zero-order valence-electron chi connectivity index (χ0n) is 20.0. The van der Waals surface area contributed by atoms with E-state index in [1.807, 2.05) is 24.3 Å². The minimum atomic E-state index is -0.919. The number of aromatic amines is 1. The molecule has 0 saturated carbocycles. The third-order valence-corrected chi connectivity index (χ3v) is 6.29. The molecule has 2 N–H and O–H groups in total. The molecule has 1 saturated heterocycles. The monoisotopic (exact) mass is 491 g/mol. The Labute approximate surface area is 206 Å². The molecule has 11 heteroatoms. The third-order valence-electron chi connectivity index (χ3n) is 6.29. The van der Waals surface area contributed by atoms with E-state index in [0.717, 1.165) is 21.5 Å². The van der Waals surface area contributed by atoms with Crippen LogP contribution in [0.3, 0.4) is 0 Å². The largest absolute Gasteiger partial charge is 0.443 e. The Morgan fingerprint density at radius 3 is 2.64 bits per heavy atom. The fourth-order valence-corrected chi connectivity index (χ4v) is 4.93. The molecule has 3 amide bonds. The SMILES string of the molecule is CC(C)(C)OC(=O)NN1CC(=O)N2C(c3cccc([N+](=O)[O-])c3)c3[nH]c4ccccc4c3C[C@@H]2C1=O. The Hall–Kier alpha value is -4.41.